The van der Waals surface area contributed by atoms with Crippen LogP contribution in [-0.4, -0.2) is 41.4 Å². The van der Waals surface area contributed by atoms with Crippen LogP contribution in [0.2, 0.25) is 15.1 Å². The molecule has 2 saturated heterocycles. The van der Waals surface area contributed by atoms with Gasteiger partial charge in [0.15, 0.2) is 0 Å². The summed E-state index contributed by atoms with van der Waals surface area (Å²) in [5.74, 6) is -0.0813. The van der Waals surface area contributed by atoms with E-state index in [9.17, 15) is 9.59 Å². The number of fused-ring (bicyclic) bond motifs is 4. The lowest BCUT2D eigenvalue weighted by Crippen LogP contribution is -2.51. The number of ether oxygens (including phenoxy) is 1. The maximum absolute atomic E-state index is 13.4. The number of carbonyl (C=O) groups excluding carboxylic acids is 2. The van der Waals surface area contributed by atoms with E-state index in [0.717, 1.165) is 37.3 Å². The Labute approximate surface area is 242 Å². The van der Waals surface area contributed by atoms with E-state index in [-0.39, 0.29) is 24.4 Å². The third-order valence-corrected chi connectivity index (χ3v) is 8.72. The number of rotatable bonds is 6. The highest BCUT2D eigenvalue weighted by atomic mass is 35.5. The van der Waals surface area contributed by atoms with Gasteiger partial charge in [0.25, 0.3) is 0 Å². The van der Waals surface area contributed by atoms with E-state index in [1.54, 1.807) is 36.4 Å². The fourth-order valence-electron chi connectivity index (χ4n) is 6.24. The maximum Gasteiger partial charge on any atom is 0.239 e. The van der Waals surface area contributed by atoms with E-state index in [4.69, 9.17) is 39.5 Å². The molecule has 0 aliphatic carbocycles. The van der Waals surface area contributed by atoms with Crippen molar-refractivity contribution in [2.24, 2.45) is 0 Å². The van der Waals surface area contributed by atoms with Crippen molar-refractivity contribution in [2.75, 3.05) is 6.54 Å². The number of hydrogen-bond donors (Lipinski definition) is 2. The molecule has 0 aromatic heterocycles. The minimum atomic E-state index is -0.694. The number of nitrogens with zero attached hydrogens (tertiary/aromatic N) is 1. The summed E-state index contributed by atoms with van der Waals surface area (Å²) in [6.45, 7) is 0.785. The van der Waals surface area contributed by atoms with Crippen molar-refractivity contribution in [2.45, 2.75) is 56.3 Å². The highest BCUT2D eigenvalue weighted by Gasteiger charge is 2.41. The molecule has 3 aliphatic rings. The lowest BCUT2D eigenvalue weighted by molar-refractivity contribution is -0.127. The quantitative estimate of drug-likeness (QED) is 0.356. The predicted molar refractivity (Wildman–Crippen MR) is 153 cm³/mol. The van der Waals surface area contributed by atoms with Gasteiger partial charge in [-0.3, -0.25) is 14.5 Å². The normalized spacial score (nSPS) is 22.0. The highest BCUT2D eigenvalue weighted by molar-refractivity contribution is 6.31. The SMILES string of the molecule is O=C(CNC(=O)C1c2cc(Cl)ccc2Oc2ccc(Cl)cc21)NC1C[C@H]2CC[C@@H](C1)N2Cc1ccc(Cl)cc1. The van der Waals surface area contributed by atoms with Gasteiger partial charge >= 0.3 is 0 Å². The zero-order chi connectivity index (χ0) is 27.1. The predicted octanol–water partition coefficient (Wildman–Crippen LogP) is 6.31. The van der Waals surface area contributed by atoms with Crippen molar-refractivity contribution in [1.82, 2.24) is 15.5 Å². The van der Waals surface area contributed by atoms with Gasteiger partial charge in [-0.25, -0.2) is 0 Å². The molecule has 3 aliphatic heterocycles. The molecule has 202 valence electrons. The Morgan fingerprint density at radius 2 is 1.38 bits per heavy atom. The summed E-state index contributed by atoms with van der Waals surface area (Å²) >= 11 is 18.5. The zero-order valence-electron chi connectivity index (χ0n) is 21.1. The molecule has 0 saturated carbocycles. The largest absolute Gasteiger partial charge is 0.457 e. The van der Waals surface area contributed by atoms with Crippen LogP contribution in [-0.2, 0) is 16.1 Å². The topological polar surface area (TPSA) is 70.7 Å². The van der Waals surface area contributed by atoms with Crippen LogP contribution in [0, 0.1) is 0 Å². The molecule has 2 bridgehead atoms. The molecule has 3 aromatic carbocycles. The average molecular weight is 585 g/mol. The van der Waals surface area contributed by atoms with Crippen LogP contribution in [0.3, 0.4) is 0 Å². The number of amides is 2. The number of halogens is 3. The Morgan fingerprint density at radius 3 is 1.97 bits per heavy atom. The Bertz CT molecular complexity index is 1350. The Hall–Kier alpha value is -2.77. The lowest BCUT2D eigenvalue weighted by Gasteiger charge is -2.39. The second-order valence-electron chi connectivity index (χ2n) is 10.5. The van der Waals surface area contributed by atoms with Crippen molar-refractivity contribution < 1.29 is 14.3 Å². The summed E-state index contributed by atoms with van der Waals surface area (Å²) in [6, 6.07) is 19.4. The van der Waals surface area contributed by atoms with Gasteiger partial charge < -0.3 is 15.4 Å². The van der Waals surface area contributed by atoms with E-state index in [1.165, 1.54) is 5.56 Å². The molecule has 0 radical (unpaired) electrons. The van der Waals surface area contributed by atoms with Gasteiger partial charge in [-0.05, 0) is 79.8 Å². The van der Waals surface area contributed by atoms with E-state index >= 15 is 0 Å². The Balaban J connectivity index is 1.08. The summed E-state index contributed by atoms with van der Waals surface area (Å²) in [6.07, 6.45) is 4.08. The molecule has 39 heavy (non-hydrogen) atoms. The average Bonchev–Trinajstić information content (AvgIpc) is 3.14. The lowest BCUT2D eigenvalue weighted by atomic mass is 9.87. The van der Waals surface area contributed by atoms with Gasteiger partial charge in [-0.15, -0.1) is 0 Å². The molecule has 0 spiro atoms. The zero-order valence-corrected chi connectivity index (χ0v) is 23.4. The molecule has 1 unspecified atom stereocenters. The molecular formula is C30H28Cl3N3O3. The van der Waals surface area contributed by atoms with Crippen LogP contribution in [0.4, 0.5) is 0 Å². The summed E-state index contributed by atoms with van der Waals surface area (Å²) in [5.41, 5.74) is 2.53. The number of piperidine rings is 1. The fourth-order valence-corrected chi connectivity index (χ4v) is 6.73. The van der Waals surface area contributed by atoms with E-state index in [2.05, 4.69) is 27.7 Å². The van der Waals surface area contributed by atoms with Crippen LogP contribution in [0.5, 0.6) is 11.5 Å². The van der Waals surface area contributed by atoms with Crippen molar-refractivity contribution in [3.8, 4) is 11.5 Å². The monoisotopic (exact) mass is 583 g/mol. The van der Waals surface area contributed by atoms with Crippen molar-refractivity contribution in [1.29, 1.82) is 0 Å². The van der Waals surface area contributed by atoms with Crippen molar-refractivity contribution in [3.05, 3.63) is 92.4 Å². The Morgan fingerprint density at radius 1 is 0.821 bits per heavy atom. The molecule has 9 heteroatoms. The van der Waals surface area contributed by atoms with Gasteiger partial charge in [0, 0.05) is 50.9 Å². The number of carbonyl (C=O) groups is 2. The summed E-state index contributed by atoms with van der Waals surface area (Å²) in [7, 11) is 0. The number of hydrogen-bond acceptors (Lipinski definition) is 4. The van der Waals surface area contributed by atoms with E-state index < -0.39 is 5.92 Å². The minimum absolute atomic E-state index is 0.0931. The smallest absolute Gasteiger partial charge is 0.239 e. The van der Waals surface area contributed by atoms with Gasteiger partial charge in [-0.1, -0.05) is 46.9 Å². The first-order valence-corrected chi connectivity index (χ1v) is 14.3. The van der Waals surface area contributed by atoms with E-state index in [1.807, 2.05) is 12.1 Å². The van der Waals surface area contributed by atoms with Crippen LogP contribution in [0.1, 0.15) is 48.3 Å². The third kappa shape index (κ3) is 5.62. The molecule has 6 nitrogen and oxygen atoms in total. The molecule has 3 heterocycles. The first kappa shape index (κ1) is 26.5. The van der Waals surface area contributed by atoms with Crippen LogP contribution in [0.25, 0.3) is 0 Å². The third-order valence-electron chi connectivity index (χ3n) is 8.00. The highest BCUT2D eigenvalue weighted by Crippen LogP contribution is 2.46. The van der Waals surface area contributed by atoms with E-state index in [0.29, 0.717) is 44.8 Å². The first-order chi connectivity index (χ1) is 18.8. The Kier molecular flexibility index (Phi) is 7.47. The van der Waals surface area contributed by atoms with Gasteiger partial charge in [0.05, 0.1) is 12.5 Å². The second-order valence-corrected chi connectivity index (χ2v) is 11.8. The van der Waals surface area contributed by atoms with Crippen LogP contribution < -0.4 is 15.4 Å². The minimum Gasteiger partial charge on any atom is -0.457 e. The molecule has 2 fully saturated rings. The summed E-state index contributed by atoms with van der Waals surface area (Å²) in [5, 5.41) is 7.73. The molecule has 2 amide bonds. The molecule has 2 N–H and O–H groups in total. The van der Waals surface area contributed by atoms with Gasteiger partial charge in [0.2, 0.25) is 11.8 Å². The van der Waals surface area contributed by atoms with Crippen molar-refractivity contribution >= 4 is 46.6 Å². The van der Waals surface area contributed by atoms with Gasteiger partial charge in [-0.2, -0.15) is 0 Å². The van der Waals surface area contributed by atoms with Gasteiger partial charge in [0.1, 0.15) is 11.5 Å². The number of nitrogens with one attached hydrogen (secondary N) is 2. The standard InChI is InChI=1S/C30H28Cl3N3O3/c31-18-3-1-17(2-4-18)16-36-22-7-8-23(36)14-21(13-22)35-28(37)15-34-30(38)29-24-11-19(32)5-9-26(24)39-27-10-6-20(33)12-25(27)29/h1-6,9-12,21-23,29H,7-8,13-16H2,(H,34,38)(H,35,37)/t21?,22-,23+. The van der Waals surface area contributed by atoms with Crippen LogP contribution in [0.15, 0.2) is 60.7 Å². The van der Waals surface area contributed by atoms with Crippen LogP contribution >= 0.6 is 34.8 Å². The molecule has 3 atom stereocenters. The van der Waals surface area contributed by atoms with Crippen molar-refractivity contribution in [3.63, 3.8) is 0 Å². The number of benzene rings is 3. The molecule has 3 aromatic rings. The molecular weight excluding hydrogens is 557 g/mol. The summed E-state index contributed by atoms with van der Waals surface area (Å²) < 4.78 is 5.98. The second kappa shape index (κ2) is 11.0. The first-order valence-electron chi connectivity index (χ1n) is 13.2. The molecule has 6 rings (SSSR count). The maximum atomic E-state index is 13.4. The fraction of sp³-hybridized carbons (Fsp3) is 0.333. The summed E-state index contributed by atoms with van der Waals surface area (Å²) in [4.78, 5) is 28.9.